The predicted octanol–water partition coefficient (Wildman–Crippen LogP) is 4.29. The molecule has 0 saturated heterocycles. The normalized spacial score (nSPS) is 11.5. The van der Waals surface area contributed by atoms with E-state index in [-0.39, 0.29) is 12.3 Å². The first-order chi connectivity index (χ1) is 13.0. The summed E-state index contributed by atoms with van der Waals surface area (Å²) in [6.45, 7) is 5.98. The lowest BCUT2D eigenvalue weighted by molar-refractivity contribution is -0.153. The van der Waals surface area contributed by atoms with Gasteiger partial charge >= 0.3 is 5.97 Å². The predicted molar refractivity (Wildman–Crippen MR) is 106 cm³/mol. The number of anilines is 1. The molecule has 2 rings (SSSR count). The fourth-order valence-corrected chi connectivity index (χ4v) is 2.66. The molecule has 2 aromatic rings. The molecular formula is C22H27NO4. The van der Waals surface area contributed by atoms with Gasteiger partial charge in [0.2, 0.25) is 0 Å². The molecule has 0 aromatic heterocycles. The fourth-order valence-electron chi connectivity index (χ4n) is 2.66. The van der Waals surface area contributed by atoms with E-state index >= 15 is 0 Å². The van der Waals surface area contributed by atoms with Gasteiger partial charge in [-0.15, -0.1) is 0 Å². The maximum absolute atomic E-state index is 12.4. The van der Waals surface area contributed by atoms with Gasteiger partial charge in [-0.3, -0.25) is 9.59 Å². The summed E-state index contributed by atoms with van der Waals surface area (Å²) in [5.41, 5.74) is 2.84. The second kappa shape index (κ2) is 10.4. The Morgan fingerprint density at radius 1 is 1.07 bits per heavy atom. The molecule has 0 fully saturated rings. The zero-order valence-corrected chi connectivity index (χ0v) is 16.2. The van der Waals surface area contributed by atoms with Crippen molar-refractivity contribution in [1.29, 1.82) is 0 Å². The summed E-state index contributed by atoms with van der Waals surface area (Å²) >= 11 is 0. The van der Waals surface area contributed by atoms with E-state index in [0.717, 1.165) is 29.0 Å². The zero-order valence-electron chi connectivity index (χ0n) is 16.2. The Balaban J connectivity index is 1.76. The van der Waals surface area contributed by atoms with Crippen LogP contribution in [0.1, 0.15) is 37.8 Å². The van der Waals surface area contributed by atoms with Crippen molar-refractivity contribution >= 4 is 17.6 Å². The van der Waals surface area contributed by atoms with Crippen LogP contribution in [0.2, 0.25) is 0 Å². The number of carbonyl (C=O) groups is 2. The van der Waals surface area contributed by atoms with E-state index in [1.165, 1.54) is 0 Å². The SMILES string of the molecule is CCc1cccc(C)c1NC(=O)[C@H](C)OC(=O)CCCOc1ccccc1. The quantitative estimate of drug-likeness (QED) is 0.529. The third-order valence-electron chi connectivity index (χ3n) is 4.20. The Kier molecular flexibility index (Phi) is 7.86. The molecule has 1 N–H and O–H groups in total. The lowest BCUT2D eigenvalue weighted by Crippen LogP contribution is -2.30. The summed E-state index contributed by atoms with van der Waals surface area (Å²) in [5, 5.41) is 2.88. The second-order valence-electron chi connectivity index (χ2n) is 6.35. The number of para-hydroxylation sites is 2. The molecule has 2 aromatic carbocycles. The van der Waals surface area contributed by atoms with Crippen LogP contribution >= 0.6 is 0 Å². The average molecular weight is 369 g/mol. The first-order valence-electron chi connectivity index (χ1n) is 9.28. The molecule has 5 nitrogen and oxygen atoms in total. The number of benzene rings is 2. The van der Waals surface area contributed by atoms with Gasteiger partial charge < -0.3 is 14.8 Å². The molecule has 0 aliphatic heterocycles. The van der Waals surface area contributed by atoms with Crippen LogP contribution in [0.5, 0.6) is 5.75 Å². The van der Waals surface area contributed by atoms with Crippen molar-refractivity contribution < 1.29 is 19.1 Å². The third kappa shape index (κ3) is 6.44. The number of esters is 1. The number of hydrogen-bond acceptors (Lipinski definition) is 4. The van der Waals surface area contributed by atoms with Gasteiger partial charge in [-0.25, -0.2) is 0 Å². The summed E-state index contributed by atoms with van der Waals surface area (Å²) in [4.78, 5) is 24.3. The van der Waals surface area contributed by atoms with Crippen LogP contribution in [0.25, 0.3) is 0 Å². The van der Waals surface area contributed by atoms with Crippen LogP contribution in [-0.2, 0) is 20.7 Å². The van der Waals surface area contributed by atoms with Gasteiger partial charge in [0.05, 0.1) is 6.61 Å². The van der Waals surface area contributed by atoms with Crippen LogP contribution in [-0.4, -0.2) is 24.6 Å². The standard InChI is InChI=1S/C22H27NO4/c1-4-18-11-8-10-16(2)21(18)23-22(25)17(3)27-20(24)14-9-15-26-19-12-6-5-7-13-19/h5-8,10-13,17H,4,9,14-15H2,1-3H3,(H,23,25)/t17-/m0/s1. The number of ether oxygens (including phenoxy) is 2. The Morgan fingerprint density at radius 2 is 1.81 bits per heavy atom. The van der Waals surface area contributed by atoms with Crippen molar-refractivity contribution in [3.8, 4) is 5.75 Å². The summed E-state index contributed by atoms with van der Waals surface area (Å²) in [7, 11) is 0. The zero-order chi connectivity index (χ0) is 19.6. The summed E-state index contributed by atoms with van der Waals surface area (Å²) < 4.78 is 10.8. The van der Waals surface area contributed by atoms with Crippen molar-refractivity contribution in [1.82, 2.24) is 0 Å². The molecule has 27 heavy (non-hydrogen) atoms. The molecule has 144 valence electrons. The summed E-state index contributed by atoms with van der Waals surface area (Å²) in [6, 6.07) is 15.3. The van der Waals surface area contributed by atoms with Crippen molar-refractivity contribution in [2.75, 3.05) is 11.9 Å². The largest absolute Gasteiger partial charge is 0.494 e. The van der Waals surface area contributed by atoms with Gasteiger partial charge in [-0.2, -0.15) is 0 Å². The number of carbonyl (C=O) groups excluding carboxylic acids is 2. The van der Waals surface area contributed by atoms with E-state index in [9.17, 15) is 9.59 Å². The maximum Gasteiger partial charge on any atom is 0.306 e. The van der Waals surface area contributed by atoms with Crippen LogP contribution in [0.4, 0.5) is 5.69 Å². The monoisotopic (exact) mass is 369 g/mol. The van der Waals surface area contributed by atoms with Crippen molar-refractivity contribution in [3.05, 3.63) is 59.7 Å². The highest BCUT2D eigenvalue weighted by Gasteiger charge is 2.19. The third-order valence-corrected chi connectivity index (χ3v) is 4.20. The molecule has 0 radical (unpaired) electrons. The van der Waals surface area contributed by atoms with Gasteiger partial charge in [0.1, 0.15) is 5.75 Å². The Bertz CT molecular complexity index is 758. The molecule has 1 atom stereocenters. The highest BCUT2D eigenvalue weighted by atomic mass is 16.5. The minimum atomic E-state index is -0.850. The first-order valence-corrected chi connectivity index (χ1v) is 9.28. The summed E-state index contributed by atoms with van der Waals surface area (Å²) in [5.74, 6) is 0.0336. The maximum atomic E-state index is 12.4. The second-order valence-corrected chi connectivity index (χ2v) is 6.35. The van der Waals surface area contributed by atoms with Gasteiger partial charge in [0.15, 0.2) is 6.10 Å². The minimum Gasteiger partial charge on any atom is -0.494 e. The molecule has 0 spiro atoms. The highest BCUT2D eigenvalue weighted by Crippen LogP contribution is 2.21. The van der Waals surface area contributed by atoms with Crippen LogP contribution in [0, 0.1) is 6.92 Å². The van der Waals surface area contributed by atoms with Gasteiger partial charge in [-0.1, -0.05) is 43.3 Å². The van der Waals surface area contributed by atoms with Gasteiger partial charge in [-0.05, 0) is 49.9 Å². The van der Waals surface area contributed by atoms with Crippen LogP contribution in [0.15, 0.2) is 48.5 Å². The van der Waals surface area contributed by atoms with Crippen LogP contribution < -0.4 is 10.1 Å². The number of amides is 1. The summed E-state index contributed by atoms with van der Waals surface area (Å²) in [6.07, 6.45) is 0.693. The van der Waals surface area contributed by atoms with E-state index in [1.54, 1.807) is 6.92 Å². The molecule has 0 aliphatic rings. The Morgan fingerprint density at radius 3 is 2.52 bits per heavy atom. The number of rotatable bonds is 9. The number of nitrogens with one attached hydrogen (secondary N) is 1. The number of hydrogen-bond donors (Lipinski definition) is 1. The molecule has 1 amide bonds. The van der Waals surface area contributed by atoms with Crippen molar-refractivity contribution in [2.24, 2.45) is 0 Å². The minimum absolute atomic E-state index is 0.203. The molecule has 0 unspecified atom stereocenters. The molecule has 0 saturated carbocycles. The molecule has 0 heterocycles. The van der Waals surface area contributed by atoms with Gasteiger partial charge in [0.25, 0.3) is 5.91 Å². The lowest BCUT2D eigenvalue weighted by Gasteiger charge is -2.17. The topological polar surface area (TPSA) is 64.6 Å². The molecule has 5 heteroatoms. The molecular weight excluding hydrogens is 342 g/mol. The molecule has 0 bridgehead atoms. The highest BCUT2D eigenvalue weighted by molar-refractivity contribution is 5.96. The Hall–Kier alpha value is -2.82. The smallest absolute Gasteiger partial charge is 0.306 e. The van der Waals surface area contributed by atoms with Crippen molar-refractivity contribution in [3.63, 3.8) is 0 Å². The van der Waals surface area contributed by atoms with E-state index in [1.807, 2.05) is 62.4 Å². The van der Waals surface area contributed by atoms with E-state index in [4.69, 9.17) is 9.47 Å². The van der Waals surface area contributed by atoms with E-state index in [2.05, 4.69) is 5.32 Å². The average Bonchev–Trinajstić information content (AvgIpc) is 2.67. The van der Waals surface area contributed by atoms with Gasteiger partial charge in [0, 0.05) is 12.1 Å². The van der Waals surface area contributed by atoms with Crippen LogP contribution in [0.3, 0.4) is 0 Å². The van der Waals surface area contributed by atoms with E-state index in [0.29, 0.717) is 13.0 Å². The van der Waals surface area contributed by atoms with Crippen molar-refractivity contribution in [2.45, 2.75) is 46.1 Å². The fraction of sp³-hybridized carbons (Fsp3) is 0.364. The molecule has 0 aliphatic carbocycles. The first kappa shape index (κ1) is 20.5. The number of aryl methyl sites for hydroxylation is 2. The lowest BCUT2D eigenvalue weighted by atomic mass is 10.1. The Labute approximate surface area is 160 Å². The van der Waals surface area contributed by atoms with E-state index < -0.39 is 12.1 Å².